The number of halogens is 3. The molecule has 1 aromatic carbocycles. The second-order valence-corrected chi connectivity index (χ2v) is 5.84. The third kappa shape index (κ3) is 3.23. The molecule has 1 aromatic rings. The number of rotatable bonds is 2. The molecule has 1 aliphatic heterocycles. The quantitative estimate of drug-likeness (QED) is 0.822. The second-order valence-electron chi connectivity index (χ2n) is 4.71. The molecule has 0 amide bonds. The van der Waals surface area contributed by atoms with Gasteiger partial charge in [0.25, 0.3) is 0 Å². The zero-order chi connectivity index (χ0) is 14.2. The van der Waals surface area contributed by atoms with Crippen LogP contribution in [0.4, 0.5) is 13.2 Å². The minimum absolute atomic E-state index is 0.117. The van der Waals surface area contributed by atoms with Crippen molar-refractivity contribution in [2.75, 3.05) is 0 Å². The first-order valence-corrected chi connectivity index (χ1v) is 6.87. The van der Waals surface area contributed by atoms with Crippen LogP contribution in [-0.2, 0) is 5.75 Å². The Hall–Kier alpha value is -1.17. The van der Waals surface area contributed by atoms with Gasteiger partial charge in [0, 0.05) is 11.3 Å². The summed E-state index contributed by atoms with van der Waals surface area (Å²) in [7, 11) is 0. The maximum Gasteiger partial charge on any atom is 0.573 e. The SMILES string of the molecule is CC(C)C1SCc2ccc(OC(F)(F)F)cc2C1=O. The summed E-state index contributed by atoms with van der Waals surface area (Å²) < 4.78 is 40.3. The first-order chi connectivity index (χ1) is 8.78. The molecule has 0 N–H and O–H groups in total. The van der Waals surface area contributed by atoms with Crippen molar-refractivity contribution in [2.45, 2.75) is 31.2 Å². The van der Waals surface area contributed by atoms with Gasteiger partial charge in [-0.3, -0.25) is 4.79 Å². The Morgan fingerprint density at radius 3 is 2.63 bits per heavy atom. The lowest BCUT2D eigenvalue weighted by Crippen LogP contribution is -2.28. The molecule has 1 aliphatic rings. The van der Waals surface area contributed by atoms with E-state index < -0.39 is 6.36 Å². The Balaban J connectivity index is 2.31. The third-order valence-corrected chi connectivity index (χ3v) is 4.46. The average molecular weight is 290 g/mol. The van der Waals surface area contributed by atoms with Gasteiger partial charge in [0.2, 0.25) is 0 Å². The third-order valence-electron chi connectivity index (χ3n) is 2.86. The number of carbonyl (C=O) groups excluding carboxylic acids is 1. The van der Waals surface area contributed by atoms with E-state index in [2.05, 4.69) is 4.74 Å². The summed E-state index contributed by atoms with van der Waals surface area (Å²) in [5.41, 5.74) is 1.11. The van der Waals surface area contributed by atoms with E-state index in [1.165, 1.54) is 30.0 Å². The minimum Gasteiger partial charge on any atom is -0.406 e. The summed E-state index contributed by atoms with van der Waals surface area (Å²) >= 11 is 1.53. The molecule has 2 rings (SSSR count). The molecular weight excluding hydrogens is 277 g/mol. The Morgan fingerprint density at radius 2 is 2.05 bits per heavy atom. The van der Waals surface area contributed by atoms with Crippen molar-refractivity contribution in [3.8, 4) is 5.75 Å². The van der Waals surface area contributed by atoms with Crippen molar-refractivity contribution in [1.29, 1.82) is 0 Å². The highest BCUT2D eigenvalue weighted by Crippen LogP contribution is 2.36. The first kappa shape index (κ1) is 14.2. The molecule has 6 heteroatoms. The van der Waals surface area contributed by atoms with Crippen molar-refractivity contribution in [1.82, 2.24) is 0 Å². The number of carbonyl (C=O) groups is 1. The van der Waals surface area contributed by atoms with Crippen LogP contribution in [0.1, 0.15) is 29.8 Å². The lowest BCUT2D eigenvalue weighted by Gasteiger charge is -2.26. The summed E-state index contributed by atoms with van der Waals surface area (Å²) in [6, 6.07) is 3.97. The van der Waals surface area contributed by atoms with Crippen LogP contribution in [0.3, 0.4) is 0 Å². The number of hydrogen-bond acceptors (Lipinski definition) is 3. The molecule has 0 fully saturated rings. The highest BCUT2D eigenvalue weighted by molar-refractivity contribution is 8.00. The van der Waals surface area contributed by atoms with Gasteiger partial charge in [-0.2, -0.15) is 0 Å². The second kappa shape index (κ2) is 5.07. The molecule has 0 saturated carbocycles. The van der Waals surface area contributed by atoms with Gasteiger partial charge in [0.05, 0.1) is 5.25 Å². The number of alkyl halides is 3. The van der Waals surface area contributed by atoms with E-state index in [1.807, 2.05) is 13.8 Å². The molecule has 1 heterocycles. The van der Waals surface area contributed by atoms with Crippen LogP contribution in [0.5, 0.6) is 5.75 Å². The molecule has 1 unspecified atom stereocenters. The molecule has 0 bridgehead atoms. The fourth-order valence-electron chi connectivity index (χ4n) is 2.01. The number of thioether (sulfide) groups is 1. The Kier molecular flexibility index (Phi) is 3.80. The van der Waals surface area contributed by atoms with E-state index >= 15 is 0 Å². The van der Waals surface area contributed by atoms with E-state index in [0.29, 0.717) is 11.3 Å². The smallest absolute Gasteiger partial charge is 0.406 e. The minimum atomic E-state index is -4.74. The van der Waals surface area contributed by atoms with Gasteiger partial charge in [-0.05, 0) is 23.6 Å². The predicted molar refractivity (Wildman–Crippen MR) is 67.4 cm³/mol. The van der Waals surface area contributed by atoms with Crippen LogP contribution in [0.2, 0.25) is 0 Å². The number of benzene rings is 1. The molecule has 19 heavy (non-hydrogen) atoms. The van der Waals surface area contributed by atoms with Crippen LogP contribution in [0, 0.1) is 5.92 Å². The van der Waals surface area contributed by atoms with E-state index in [9.17, 15) is 18.0 Å². The van der Waals surface area contributed by atoms with Crippen molar-refractivity contribution in [3.05, 3.63) is 29.3 Å². The maximum atomic E-state index is 12.2. The standard InChI is InChI=1S/C13H13F3O2S/c1-7(2)12-11(17)10-5-9(18-13(14,15)16)4-3-8(10)6-19-12/h3-5,7,12H,6H2,1-2H3. The van der Waals surface area contributed by atoms with Gasteiger partial charge in [0.1, 0.15) is 5.75 Å². The maximum absolute atomic E-state index is 12.2. The molecule has 0 saturated heterocycles. The Labute approximate surface area is 113 Å². The molecular formula is C13H13F3O2S. The lowest BCUT2D eigenvalue weighted by atomic mass is 9.96. The van der Waals surface area contributed by atoms with Gasteiger partial charge in [0.15, 0.2) is 5.78 Å². The lowest BCUT2D eigenvalue weighted by molar-refractivity contribution is -0.274. The number of hydrogen-bond donors (Lipinski definition) is 0. The zero-order valence-corrected chi connectivity index (χ0v) is 11.3. The largest absolute Gasteiger partial charge is 0.573 e. The number of fused-ring (bicyclic) bond motifs is 1. The highest BCUT2D eigenvalue weighted by atomic mass is 32.2. The van der Waals surface area contributed by atoms with Gasteiger partial charge in [-0.25, -0.2) is 0 Å². The normalized spacial score (nSPS) is 19.5. The molecule has 0 radical (unpaired) electrons. The monoisotopic (exact) mass is 290 g/mol. The summed E-state index contributed by atoms with van der Waals surface area (Å²) in [5, 5.41) is -0.200. The van der Waals surface area contributed by atoms with Crippen molar-refractivity contribution in [3.63, 3.8) is 0 Å². The summed E-state index contributed by atoms with van der Waals surface area (Å²) in [6.07, 6.45) is -4.74. The Morgan fingerprint density at radius 1 is 1.37 bits per heavy atom. The molecule has 2 nitrogen and oxygen atoms in total. The van der Waals surface area contributed by atoms with Gasteiger partial charge < -0.3 is 4.74 Å². The number of ketones is 1. The molecule has 0 aliphatic carbocycles. The fraction of sp³-hybridized carbons (Fsp3) is 0.462. The van der Waals surface area contributed by atoms with Crippen LogP contribution >= 0.6 is 11.8 Å². The average Bonchev–Trinajstić information content (AvgIpc) is 2.27. The van der Waals surface area contributed by atoms with E-state index in [4.69, 9.17) is 0 Å². The number of Topliss-reactive ketones (excluding diaryl/α,β-unsaturated/α-hetero) is 1. The molecule has 104 valence electrons. The van der Waals surface area contributed by atoms with Gasteiger partial charge in [-0.15, -0.1) is 24.9 Å². The predicted octanol–water partition coefficient (Wildman–Crippen LogP) is 4.04. The first-order valence-electron chi connectivity index (χ1n) is 5.82. The van der Waals surface area contributed by atoms with Gasteiger partial charge in [-0.1, -0.05) is 19.9 Å². The molecule has 0 spiro atoms. The zero-order valence-electron chi connectivity index (χ0n) is 10.5. The summed E-state index contributed by atoms with van der Waals surface area (Å²) in [6.45, 7) is 3.85. The topological polar surface area (TPSA) is 26.3 Å². The van der Waals surface area contributed by atoms with E-state index in [-0.39, 0.29) is 22.7 Å². The van der Waals surface area contributed by atoms with Crippen LogP contribution in [-0.4, -0.2) is 17.4 Å². The van der Waals surface area contributed by atoms with Crippen molar-refractivity contribution in [2.24, 2.45) is 5.92 Å². The highest BCUT2D eigenvalue weighted by Gasteiger charge is 2.33. The molecule has 0 aromatic heterocycles. The summed E-state index contributed by atoms with van der Waals surface area (Å²) in [4.78, 5) is 12.2. The van der Waals surface area contributed by atoms with E-state index in [0.717, 1.165) is 5.56 Å². The van der Waals surface area contributed by atoms with Crippen LogP contribution < -0.4 is 4.74 Å². The van der Waals surface area contributed by atoms with Crippen LogP contribution in [0.25, 0.3) is 0 Å². The summed E-state index contributed by atoms with van der Waals surface area (Å²) in [5.74, 6) is 0.330. The van der Waals surface area contributed by atoms with E-state index in [1.54, 1.807) is 0 Å². The Bertz CT molecular complexity index is 497. The fourth-order valence-corrected chi connectivity index (χ4v) is 3.29. The van der Waals surface area contributed by atoms with Crippen LogP contribution in [0.15, 0.2) is 18.2 Å². The van der Waals surface area contributed by atoms with Gasteiger partial charge >= 0.3 is 6.36 Å². The number of ether oxygens (including phenoxy) is 1. The van der Waals surface area contributed by atoms with Crippen molar-refractivity contribution >= 4 is 17.5 Å². The van der Waals surface area contributed by atoms with Crippen molar-refractivity contribution < 1.29 is 22.7 Å². The molecule has 1 atom stereocenters.